The summed E-state index contributed by atoms with van der Waals surface area (Å²) >= 11 is 1.71. The topological polar surface area (TPSA) is 81.5 Å². The van der Waals surface area contributed by atoms with E-state index < -0.39 is 17.8 Å². The standard InChI is InChI=1S/C16H13N3O4S/c1-18-13(11-8-24-7-6-12(11)17-18)16(22)23-19-14(20)9-4-2-3-5-10(9)15(19)21/h2-5H,6-8H2,1H3. The fourth-order valence-electron chi connectivity index (χ4n) is 2.95. The van der Waals surface area contributed by atoms with Gasteiger partial charge in [-0.3, -0.25) is 14.3 Å². The van der Waals surface area contributed by atoms with Crippen LogP contribution >= 0.6 is 11.8 Å². The number of fused-ring (bicyclic) bond motifs is 2. The molecule has 0 radical (unpaired) electrons. The van der Waals surface area contributed by atoms with Crippen LogP contribution in [-0.4, -0.2) is 38.4 Å². The van der Waals surface area contributed by atoms with E-state index >= 15 is 0 Å². The third-order valence-corrected chi connectivity index (χ3v) is 5.07. The van der Waals surface area contributed by atoms with Crippen LogP contribution in [0.3, 0.4) is 0 Å². The van der Waals surface area contributed by atoms with Crippen molar-refractivity contribution in [3.05, 3.63) is 52.3 Å². The minimum absolute atomic E-state index is 0.234. The van der Waals surface area contributed by atoms with Crippen LogP contribution in [0, 0.1) is 0 Å². The normalized spacial score (nSPS) is 16.1. The summed E-state index contributed by atoms with van der Waals surface area (Å²) in [5.41, 5.74) is 2.44. The van der Waals surface area contributed by atoms with Gasteiger partial charge in [0, 0.05) is 24.8 Å². The number of aromatic nitrogens is 2. The zero-order valence-electron chi connectivity index (χ0n) is 12.8. The van der Waals surface area contributed by atoms with E-state index in [2.05, 4.69) is 5.10 Å². The average Bonchev–Trinajstić information content (AvgIpc) is 3.04. The first-order chi connectivity index (χ1) is 11.6. The quantitative estimate of drug-likeness (QED) is 0.770. The van der Waals surface area contributed by atoms with Crippen molar-refractivity contribution in [2.24, 2.45) is 7.05 Å². The maximum Gasteiger partial charge on any atom is 0.382 e. The van der Waals surface area contributed by atoms with E-state index in [1.807, 2.05) is 0 Å². The van der Waals surface area contributed by atoms with E-state index in [1.165, 1.54) is 16.8 Å². The van der Waals surface area contributed by atoms with Gasteiger partial charge in [-0.05, 0) is 17.9 Å². The molecule has 1 aromatic carbocycles. The van der Waals surface area contributed by atoms with E-state index in [4.69, 9.17) is 4.84 Å². The van der Waals surface area contributed by atoms with Crippen LogP contribution in [0.1, 0.15) is 42.5 Å². The van der Waals surface area contributed by atoms with Gasteiger partial charge in [0.05, 0.1) is 16.8 Å². The first-order valence-electron chi connectivity index (χ1n) is 7.40. The molecule has 1 aromatic heterocycles. The van der Waals surface area contributed by atoms with Crippen LogP contribution in [0.25, 0.3) is 0 Å². The second-order valence-corrected chi connectivity index (χ2v) is 6.63. The van der Waals surface area contributed by atoms with Crippen LogP contribution in [0.15, 0.2) is 24.3 Å². The number of imide groups is 1. The number of carbonyl (C=O) groups excluding carboxylic acids is 3. The molecule has 24 heavy (non-hydrogen) atoms. The zero-order chi connectivity index (χ0) is 16.8. The molecule has 8 heteroatoms. The Balaban J connectivity index is 1.63. The SMILES string of the molecule is Cn1nc2c(c1C(=O)ON1C(=O)c3ccccc3C1=O)CSCC2. The Morgan fingerprint density at radius 2 is 1.88 bits per heavy atom. The molecule has 3 heterocycles. The summed E-state index contributed by atoms with van der Waals surface area (Å²) in [6.07, 6.45) is 0.786. The largest absolute Gasteiger partial charge is 0.382 e. The van der Waals surface area contributed by atoms with Crippen molar-refractivity contribution in [1.29, 1.82) is 0 Å². The van der Waals surface area contributed by atoms with Crippen molar-refractivity contribution < 1.29 is 19.2 Å². The van der Waals surface area contributed by atoms with Gasteiger partial charge in [-0.25, -0.2) is 4.79 Å². The summed E-state index contributed by atoms with van der Waals surface area (Å²) in [6.45, 7) is 0. The lowest BCUT2D eigenvalue weighted by Crippen LogP contribution is -2.33. The van der Waals surface area contributed by atoms with E-state index in [9.17, 15) is 14.4 Å². The highest BCUT2D eigenvalue weighted by Gasteiger charge is 2.39. The predicted molar refractivity (Wildman–Crippen MR) is 85.4 cm³/mol. The third-order valence-electron chi connectivity index (χ3n) is 4.08. The second-order valence-electron chi connectivity index (χ2n) is 5.53. The molecule has 0 unspecified atom stereocenters. The number of aryl methyl sites for hydroxylation is 2. The molecular weight excluding hydrogens is 330 g/mol. The average molecular weight is 343 g/mol. The molecule has 0 atom stereocenters. The monoisotopic (exact) mass is 343 g/mol. The van der Waals surface area contributed by atoms with Crippen molar-refractivity contribution in [1.82, 2.24) is 14.8 Å². The summed E-state index contributed by atoms with van der Waals surface area (Å²) < 4.78 is 1.46. The highest BCUT2D eigenvalue weighted by molar-refractivity contribution is 7.98. The number of thioether (sulfide) groups is 1. The Morgan fingerprint density at radius 1 is 1.21 bits per heavy atom. The van der Waals surface area contributed by atoms with E-state index in [0.717, 1.165) is 23.4 Å². The van der Waals surface area contributed by atoms with Crippen molar-refractivity contribution in [3.63, 3.8) is 0 Å². The number of rotatable bonds is 2. The number of amides is 2. The lowest BCUT2D eigenvalue weighted by molar-refractivity contribution is -0.0592. The zero-order valence-corrected chi connectivity index (χ0v) is 13.6. The summed E-state index contributed by atoms with van der Waals surface area (Å²) in [7, 11) is 1.65. The molecule has 2 aliphatic heterocycles. The molecule has 0 saturated carbocycles. The Kier molecular flexibility index (Phi) is 3.42. The molecule has 0 aliphatic carbocycles. The van der Waals surface area contributed by atoms with Crippen LogP contribution in [0.4, 0.5) is 0 Å². The maximum atomic E-state index is 12.6. The summed E-state index contributed by atoms with van der Waals surface area (Å²) in [4.78, 5) is 42.3. The first kappa shape index (κ1) is 14.9. The van der Waals surface area contributed by atoms with Crippen LogP contribution in [0.2, 0.25) is 0 Å². The molecule has 4 rings (SSSR count). The molecule has 7 nitrogen and oxygen atoms in total. The van der Waals surface area contributed by atoms with E-state index in [1.54, 1.807) is 30.9 Å². The van der Waals surface area contributed by atoms with Crippen molar-refractivity contribution >= 4 is 29.5 Å². The van der Waals surface area contributed by atoms with Gasteiger partial charge < -0.3 is 4.84 Å². The molecule has 122 valence electrons. The number of carbonyl (C=O) groups is 3. The number of hydroxylamine groups is 2. The van der Waals surface area contributed by atoms with Crippen molar-refractivity contribution in [2.45, 2.75) is 12.2 Å². The smallest absolute Gasteiger partial charge is 0.323 e. The molecule has 0 saturated heterocycles. The Morgan fingerprint density at radius 3 is 2.54 bits per heavy atom. The summed E-state index contributed by atoms with van der Waals surface area (Å²) in [6, 6.07) is 6.38. The van der Waals surface area contributed by atoms with Gasteiger partial charge in [0.1, 0.15) is 0 Å². The van der Waals surface area contributed by atoms with Crippen LogP contribution in [-0.2, 0) is 24.1 Å². The first-order valence-corrected chi connectivity index (χ1v) is 8.56. The number of benzene rings is 1. The summed E-state index contributed by atoms with van der Waals surface area (Å²) in [5.74, 6) is -0.390. The summed E-state index contributed by atoms with van der Waals surface area (Å²) in [5, 5.41) is 4.87. The molecule has 2 aliphatic rings. The number of hydrogen-bond donors (Lipinski definition) is 0. The minimum atomic E-state index is -0.747. The molecule has 0 N–H and O–H groups in total. The highest BCUT2D eigenvalue weighted by atomic mass is 32.2. The van der Waals surface area contributed by atoms with Gasteiger partial charge in [-0.1, -0.05) is 17.2 Å². The minimum Gasteiger partial charge on any atom is -0.323 e. The van der Waals surface area contributed by atoms with Crippen molar-refractivity contribution in [2.75, 3.05) is 5.75 Å². The lowest BCUT2D eigenvalue weighted by atomic mass is 10.1. The van der Waals surface area contributed by atoms with E-state index in [-0.39, 0.29) is 16.8 Å². The molecule has 0 spiro atoms. The third kappa shape index (κ3) is 2.14. The predicted octanol–water partition coefficient (Wildman–Crippen LogP) is 1.58. The van der Waals surface area contributed by atoms with Gasteiger partial charge in [-0.15, -0.1) is 0 Å². The van der Waals surface area contributed by atoms with E-state index in [0.29, 0.717) is 10.8 Å². The van der Waals surface area contributed by atoms with Gasteiger partial charge in [0.15, 0.2) is 5.69 Å². The Labute approximate surface area is 141 Å². The fourth-order valence-corrected chi connectivity index (χ4v) is 3.94. The fraction of sp³-hybridized carbons (Fsp3) is 0.250. The molecule has 2 amide bonds. The number of nitrogens with zero attached hydrogens (tertiary/aromatic N) is 3. The maximum absolute atomic E-state index is 12.6. The second kappa shape index (κ2) is 5.48. The van der Waals surface area contributed by atoms with Crippen molar-refractivity contribution in [3.8, 4) is 0 Å². The van der Waals surface area contributed by atoms with Gasteiger partial charge in [-0.2, -0.15) is 16.9 Å². The van der Waals surface area contributed by atoms with Crippen LogP contribution < -0.4 is 0 Å². The lowest BCUT2D eigenvalue weighted by Gasteiger charge is -2.14. The Hall–Kier alpha value is -2.61. The van der Waals surface area contributed by atoms with Gasteiger partial charge in [0.2, 0.25) is 0 Å². The molecular formula is C16H13N3O4S. The van der Waals surface area contributed by atoms with Gasteiger partial charge in [0.25, 0.3) is 11.8 Å². The molecule has 0 fully saturated rings. The highest BCUT2D eigenvalue weighted by Crippen LogP contribution is 2.28. The van der Waals surface area contributed by atoms with Gasteiger partial charge >= 0.3 is 5.97 Å². The van der Waals surface area contributed by atoms with Crippen LogP contribution in [0.5, 0.6) is 0 Å². The molecule has 0 bridgehead atoms. The molecule has 2 aromatic rings. The Bertz CT molecular complexity index is 854. The number of hydrogen-bond acceptors (Lipinski definition) is 6.